The fraction of sp³-hybridized carbons (Fsp3) is 0.308. The van der Waals surface area contributed by atoms with Gasteiger partial charge in [-0.05, 0) is 24.3 Å². The third-order valence-corrected chi connectivity index (χ3v) is 3.06. The van der Waals surface area contributed by atoms with Gasteiger partial charge in [0.1, 0.15) is 6.54 Å². The van der Waals surface area contributed by atoms with Crippen LogP contribution in [0.4, 0.5) is 0 Å². The summed E-state index contributed by atoms with van der Waals surface area (Å²) in [6.07, 6.45) is 0.0616. The van der Waals surface area contributed by atoms with Crippen LogP contribution in [-0.4, -0.2) is 47.9 Å². The lowest BCUT2D eigenvalue weighted by molar-refractivity contribution is -0.143. The van der Waals surface area contributed by atoms with E-state index in [4.69, 9.17) is 5.11 Å². The molecule has 7 heteroatoms. The number of likely N-dealkylation sites (N-methyl/N-ethyl adjacent to an activating group) is 1. The molecule has 0 heterocycles. The van der Waals surface area contributed by atoms with Gasteiger partial charge in [0.05, 0.1) is 0 Å². The number of nitrogens with one attached hydrogen (secondary N) is 1. The van der Waals surface area contributed by atoms with Gasteiger partial charge in [-0.25, -0.2) is 0 Å². The summed E-state index contributed by atoms with van der Waals surface area (Å²) < 4.78 is 0.875. The highest BCUT2D eigenvalue weighted by molar-refractivity contribution is 9.10. The highest BCUT2D eigenvalue weighted by Crippen LogP contribution is 2.10. The van der Waals surface area contributed by atoms with Crippen molar-refractivity contribution in [3.05, 3.63) is 34.3 Å². The molecule has 1 aromatic carbocycles. The van der Waals surface area contributed by atoms with E-state index >= 15 is 0 Å². The van der Waals surface area contributed by atoms with E-state index in [1.807, 2.05) is 0 Å². The van der Waals surface area contributed by atoms with Crippen molar-refractivity contribution in [2.24, 2.45) is 0 Å². The monoisotopic (exact) mass is 342 g/mol. The van der Waals surface area contributed by atoms with Crippen LogP contribution >= 0.6 is 15.9 Å². The van der Waals surface area contributed by atoms with E-state index in [9.17, 15) is 14.4 Å². The fourth-order valence-electron chi connectivity index (χ4n) is 1.47. The molecule has 0 atom stereocenters. The first kappa shape index (κ1) is 16.2. The van der Waals surface area contributed by atoms with Crippen LogP contribution in [0.15, 0.2) is 28.7 Å². The number of hydrogen-bond donors (Lipinski definition) is 2. The van der Waals surface area contributed by atoms with Crippen LogP contribution in [0, 0.1) is 0 Å². The standard InChI is InChI=1S/C13H15BrN2O4/c1-16(8-12(18)19)11(17)6-7-15-13(20)9-2-4-10(14)5-3-9/h2-5H,6-8H2,1H3,(H,15,20)(H,18,19). The molecule has 2 amide bonds. The number of nitrogens with zero attached hydrogens (tertiary/aromatic N) is 1. The lowest BCUT2D eigenvalue weighted by Gasteiger charge is -2.14. The Balaban J connectivity index is 2.37. The third kappa shape index (κ3) is 5.40. The first-order valence-electron chi connectivity index (χ1n) is 5.89. The average molecular weight is 343 g/mol. The highest BCUT2D eigenvalue weighted by atomic mass is 79.9. The van der Waals surface area contributed by atoms with Gasteiger partial charge in [-0.15, -0.1) is 0 Å². The predicted molar refractivity (Wildman–Crippen MR) is 76.4 cm³/mol. The van der Waals surface area contributed by atoms with Crippen LogP contribution in [-0.2, 0) is 9.59 Å². The molecule has 1 rings (SSSR count). The maximum Gasteiger partial charge on any atom is 0.323 e. The number of amides is 2. The van der Waals surface area contributed by atoms with Gasteiger partial charge in [-0.3, -0.25) is 14.4 Å². The van der Waals surface area contributed by atoms with Crippen LogP contribution in [0.3, 0.4) is 0 Å². The van der Waals surface area contributed by atoms with Crippen molar-refractivity contribution in [2.45, 2.75) is 6.42 Å². The Morgan fingerprint density at radius 1 is 1.25 bits per heavy atom. The van der Waals surface area contributed by atoms with Crippen molar-refractivity contribution < 1.29 is 19.5 Å². The number of carbonyl (C=O) groups excluding carboxylic acids is 2. The van der Waals surface area contributed by atoms with Gasteiger partial charge in [0.25, 0.3) is 5.91 Å². The minimum absolute atomic E-state index is 0.0616. The zero-order chi connectivity index (χ0) is 15.1. The molecule has 0 saturated carbocycles. The van der Waals surface area contributed by atoms with Crippen LogP contribution in [0.1, 0.15) is 16.8 Å². The Labute approximate surface area is 124 Å². The van der Waals surface area contributed by atoms with Gasteiger partial charge < -0.3 is 15.3 Å². The lowest BCUT2D eigenvalue weighted by atomic mass is 10.2. The third-order valence-electron chi connectivity index (χ3n) is 2.53. The molecule has 6 nitrogen and oxygen atoms in total. The molecule has 0 fully saturated rings. The smallest absolute Gasteiger partial charge is 0.323 e. The summed E-state index contributed by atoms with van der Waals surface area (Å²) in [5.74, 6) is -1.67. The topological polar surface area (TPSA) is 86.7 Å². The highest BCUT2D eigenvalue weighted by Gasteiger charge is 2.12. The molecule has 0 spiro atoms. The van der Waals surface area contributed by atoms with Gasteiger partial charge in [0, 0.05) is 30.0 Å². The Bertz CT molecular complexity index is 502. The summed E-state index contributed by atoms with van der Waals surface area (Å²) in [6.45, 7) is -0.183. The molecule has 0 aliphatic heterocycles. The molecule has 0 aliphatic carbocycles. The number of hydrogen-bond acceptors (Lipinski definition) is 3. The quantitative estimate of drug-likeness (QED) is 0.810. The molecule has 20 heavy (non-hydrogen) atoms. The number of rotatable bonds is 6. The summed E-state index contributed by atoms with van der Waals surface area (Å²) in [4.78, 5) is 34.8. The SMILES string of the molecule is CN(CC(=O)O)C(=O)CCNC(=O)c1ccc(Br)cc1. The van der Waals surface area contributed by atoms with Crippen molar-refractivity contribution in [3.63, 3.8) is 0 Å². The second-order valence-corrected chi connectivity index (χ2v) is 5.07. The molecular formula is C13H15BrN2O4. The van der Waals surface area contributed by atoms with E-state index in [2.05, 4.69) is 21.2 Å². The Kier molecular flexibility index (Phi) is 6.17. The number of carboxylic acids is 1. The average Bonchev–Trinajstić information content (AvgIpc) is 2.38. The van der Waals surface area contributed by atoms with Crippen LogP contribution in [0.5, 0.6) is 0 Å². The van der Waals surface area contributed by atoms with Gasteiger partial charge in [-0.1, -0.05) is 15.9 Å². The van der Waals surface area contributed by atoms with E-state index in [-0.39, 0.29) is 31.3 Å². The lowest BCUT2D eigenvalue weighted by Crippen LogP contribution is -2.35. The van der Waals surface area contributed by atoms with Gasteiger partial charge in [-0.2, -0.15) is 0 Å². The minimum atomic E-state index is -1.07. The number of carbonyl (C=O) groups is 3. The van der Waals surface area contributed by atoms with Crippen molar-refractivity contribution in [2.75, 3.05) is 20.1 Å². The first-order chi connectivity index (χ1) is 9.40. The summed E-state index contributed by atoms with van der Waals surface area (Å²) in [5.41, 5.74) is 0.500. The summed E-state index contributed by atoms with van der Waals surface area (Å²) in [6, 6.07) is 6.83. The Hall–Kier alpha value is -1.89. The van der Waals surface area contributed by atoms with E-state index < -0.39 is 5.97 Å². The summed E-state index contributed by atoms with van der Waals surface area (Å²) in [5, 5.41) is 11.2. The zero-order valence-corrected chi connectivity index (χ0v) is 12.5. The molecule has 0 radical (unpaired) electrons. The molecule has 0 saturated heterocycles. The normalized spacial score (nSPS) is 9.90. The molecule has 108 valence electrons. The van der Waals surface area contributed by atoms with E-state index in [1.54, 1.807) is 24.3 Å². The molecule has 0 unspecified atom stereocenters. The molecule has 0 bridgehead atoms. The van der Waals surface area contributed by atoms with Gasteiger partial charge in [0.2, 0.25) is 5.91 Å². The largest absolute Gasteiger partial charge is 0.480 e. The van der Waals surface area contributed by atoms with E-state index in [1.165, 1.54) is 7.05 Å². The molecule has 2 N–H and O–H groups in total. The van der Waals surface area contributed by atoms with Crippen LogP contribution in [0.2, 0.25) is 0 Å². The van der Waals surface area contributed by atoms with Crippen molar-refractivity contribution in [1.29, 1.82) is 0 Å². The second kappa shape index (κ2) is 7.64. The minimum Gasteiger partial charge on any atom is -0.480 e. The summed E-state index contributed by atoms with van der Waals surface area (Å²) >= 11 is 3.27. The van der Waals surface area contributed by atoms with E-state index in [0.29, 0.717) is 5.56 Å². The van der Waals surface area contributed by atoms with Crippen molar-refractivity contribution in [1.82, 2.24) is 10.2 Å². The van der Waals surface area contributed by atoms with Crippen molar-refractivity contribution >= 4 is 33.7 Å². The van der Waals surface area contributed by atoms with Gasteiger partial charge in [0.15, 0.2) is 0 Å². The number of benzene rings is 1. The second-order valence-electron chi connectivity index (χ2n) is 4.16. The molecular weight excluding hydrogens is 328 g/mol. The van der Waals surface area contributed by atoms with Crippen molar-refractivity contribution in [3.8, 4) is 0 Å². The van der Waals surface area contributed by atoms with Gasteiger partial charge >= 0.3 is 5.97 Å². The van der Waals surface area contributed by atoms with Crippen LogP contribution < -0.4 is 5.32 Å². The Morgan fingerprint density at radius 3 is 2.40 bits per heavy atom. The van der Waals surface area contributed by atoms with Crippen LogP contribution in [0.25, 0.3) is 0 Å². The number of aliphatic carboxylic acids is 1. The Morgan fingerprint density at radius 2 is 1.85 bits per heavy atom. The summed E-state index contributed by atoms with van der Waals surface area (Å²) in [7, 11) is 1.41. The number of carboxylic acid groups (broad SMARTS) is 1. The first-order valence-corrected chi connectivity index (χ1v) is 6.69. The zero-order valence-electron chi connectivity index (χ0n) is 10.9. The maximum absolute atomic E-state index is 11.7. The molecule has 0 aliphatic rings. The predicted octanol–water partition coefficient (Wildman–Crippen LogP) is 1.11. The van der Waals surface area contributed by atoms with E-state index in [0.717, 1.165) is 9.37 Å². The molecule has 0 aromatic heterocycles. The maximum atomic E-state index is 11.7. The fourth-order valence-corrected chi connectivity index (χ4v) is 1.73. The number of halogens is 1. The molecule has 1 aromatic rings.